The summed E-state index contributed by atoms with van der Waals surface area (Å²) in [5.41, 5.74) is 5.35. The summed E-state index contributed by atoms with van der Waals surface area (Å²) in [6.45, 7) is 5.18. The number of hydrogen-bond acceptors (Lipinski definition) is 8. The molecule has 2 rings (SSSR count). The van der Waals surface area contributed by atoms with Crippen LogP contribution in [-0.4, -0.2) is 39.7 Å². The first-order valence-electron chi connectivity index (χ1n) is 8.29. The van der Waals surface area contributed by atoms with Gasteiger partial charge in [0.1, 0.15) is 5.60 Å². The largest absolute Gasteiger partial charge is 0.444 e. The van der Waals surface area contributed by atoms with E-state index >= 15 is 0 Å². The van der Waals surface area contributed by atoms with E-state index in [1.165, 1.54) is 24.3 Å². The molecule has 0 atom stereocenters. The van der Waals surface area contributed by atoms with Crippen molar-refractivity contribution < 1.29 is 28.8 Å². The molecule has 0 spiro atoms. The number of imide groups is 1. The van der Waals surface area contributed by atoms with Crippen molar-refractivity contribution in [3.63, 3.8) is 0 Å². The highest BCUT2D eigenvalue weighted by Crippen LogP contribution is 2.15. The number of alkyl carbamates (subject to hydrolysis) is 1. The number of hydroxylamine groups is 2. The lowest BCUT2D eigenvalue weighted by Crippen LogP contribution is -2.44. The van der Waals surface area contributed by atoms with E-state index in [1.807, 2.05) is 0 Å². The first-order chi connectivity index (χ1) is 13.0. The van der Waals surface area contributed by atoms with E-state index in [2.05, 4.69) is 16.2 Å². The maximum absolute atomic E-state index is 12.0. The predicted molar refractivity (Wildman–Crippen MR) is 102 cm³/mol. The Morgan fingerprint density at radius 2 is 1.64 bits per heavy atom. The van der Waals surface area contributed by atoms with Crippen molar-refractivity contribution in [1.29, 1.82) is 0 Å². The number of benzene rings is 1. The number of nitrogens with zero attached hydrogens (tertiary/aromatic N) is 1. The lowest BCUT2D eigenvalue weighted by Gasteiger charge is -2.20. The predicted octanol–water partition coefficient (Wildman–Crippen LogP) is 1.63. The van der Waals surface area contributed by atoms with Crippen molar-refractivity contribution in [2.75, 3.05) is 5.43 Å². The Balaban J connectivity index is 1.83. The first kappa shape index (κ1) is 21.1. The summed E-state index contributed by atoms with van der Waals surface area (Å²) < 4.78 is 5.06. The quantitative estimate of drug-likeness (QED) is 0.387. The molecule has 3 amide bonds. The fraction of sp³-hybridized carbons (Fsp3) is 0.353. The molecule has 28 heavy (non-hydrogen) atoms. The van der Waals surface area contributed by atoms with Gasteiger partial charge in [0.2, 0.25) is 0 Å². The van der Waals surface area contributed by atoms with Crippen molar-refractivity contribution in [1.82, 2.24) is 15.8 Å². The van der Waals surface area contributed by atoms with Crippen LogP contribution in [0, 0.1) is 0 Å². The third-order valence-corrected chi connectivity index (χ3v) is 3.44. The van der Waals surface area contributed by atoms with Gasteiger partial charge < -0.3 is 9.57 Å². The molecule has 0 radical (unpaired) electrons. The molecule has 0 aromatic heterocycles. The highest BCUT2D eigenvalue weighted by Gasteiger charge is 2.33. The molecule has 0 saturated carbocycles. The van der Waals surface area contributed by atoms with Crippen LogP contribution in [0.2, 0.25) is 0 Å². The van der Waals surface area contributed by atoms with Crippen LogP contribution in [0.4, 0.5) is 10.5 Å². The number of thiocarbonyl (C=S) groups is 1. The Bertz CT molecular complexity index is 787. The third kappa shape index (κ3) is 6.20. The first-order valence-corrected chi connectivity index (χ1v) is 8.70. The van der Waals surface area contributed by atoms with E-state index in [9.17, 15) is 19.2 Å². The van der Waals surface area contributed by atoms with Crippen LogP contribution in [0.1, 0.15) is 44.0 Å². The zero-order chi connectivity index (χ0) is 20.9. The van der Waals surface area contributed by atoms with Gasteiger partial charge in [-0.2, -0.15) is 0 Å². The molecule has 0 bridgehead atoms. The molecule has 10 nitrogen and oxygen atoms in total. The average Bonchev–Trinajstić information content (AvgIpc) is 2.90. The fourth-order valence-electron chi connectivity index (χ4n) is 2.04. The van der Waals surface area contributed by atoms with Crippen LogP contribution < -0.4 is 16.2 Å². The maximum Gasteiger partial charge on any atom is 0.413 e. The lowest BCUT2D eigenvalue weighted by molar-refractivity contribution is -0.172. The van der Waals surface area contributed by atoms with Gasteiger partial charge in [-0.25, -0.2) is 9.59 Å². The summed E-state index contributed by atoms with van der Waals surface area (Å²) in [5, 5.41) is 2.81. The number of carbonyl (C=O) groups excluding carboxylic acids is 4. The van der Waals surface area contributed by atoms with Crippen LogP contribution in [0.25, 0.3) is 0 Å². The topological polar surface area (TPSA) is 126 Å². The average molecular weight is 408 g/mol. The standard InChI is InChI=1S/C17H20N4O6S/c1-17(2,3)26-16(25)18-15(28)20-19-11-6-4-10(5-7-11)14(24)27-21-12(22)8-9-13(21)23/h4-7,19H,8-9H2,1-3H3,(H2,18,20,25,28). The minimum Gasteiger partial charge on any atom is -0.444 e. The third-order valence-electron chi connectivity index (χ3n) is 3.24. The molecule has 1 heterocycles. The Kier molecular flexibility index (Phi) is 6.52. The van der Waals surface area contributed by atoms with Gasteiger partial charge in [0, 0.05) is 12.8 Å². The van der Waals surface area contributed by atoms with Crippen molar-refractivity contribution in [3.8, 4) is 0 Å². The van der Waals surface area contributed by atoms with Gasteiger partial charge in [-0.15, -0.1) is 5.06 Å². The van der Waals surface area contributed by atoms with Crippen LogP contribution in [-0.2, 0) is 19.2 Å². The second-order valence-electron chi connectivity index (χ2n) is 6.74. The van der Waals surface area contributed by atoms with E-state index in [0.717, 1.165) is 0 Å². The fourth-order valence-corrected chi connectivity index (χ4v) is 2.17. The molecule has 150 valence electrons. The minimum atomic E-state index is -0.828. The van der Waals surface area contributed by atoms with Gasteiger partial charge >= 0.3 is 12.1 Å². The number of carbonyl (C=O) groups is 4. The molecule has 1 fully saturated rings. The summed E-state index contributed by atoms with van der Waals surface area (Å²) in [7, 11) is 0. The number of rotatable bonds is 4. The number of nitrogens with one attached hydrogen (secondary N) is 3. The number of hydrazine groups is 1. The molecule has 0 aliphatic carbocycles. The summed E-state index contributed by atoms with van der Waals surface area (Å²) in [5.74, 6) is -1.93. The minimum absolute atomic E-state index is 0.0104. The van der Waals surface area contributed by atoms with Gasteiger partial charge in [0.05, 0.1) is 11.3 Å². The number of hydrogen-bond donors (Lipinski definition) is 3. The van der Waals surface area contributed by atoms with Gasteiger partial charge in [0.15, 0.2) is 5.11 Å². The van der Waals surface area contributed by atoms with E-state index in [0.29, 0.717) is 10.8 Å². The number of amides is 3. The molecule has 1 aromatic rings. The molecule has 1 aliphatic rings. The Morgan fingerprint density at radius 3 is 2.18 bits per heavy atom. The SMILES string of the molecule is CC(C)(C)OC(=O)NC(=S)NNc1ccc(C(=O)ON2C(=O)CCC2=O)cc1. The molecule has 11 heteroatoms. The summed E-state index contributed by atoms with van der Waals surface area (Å²) in [4.78, 5) is 51.4. The van der Waals surface area contributed by atoms with Crippen LogP contribution >= 0.6 is 12.2 Å². The highest BCUT2D eigenvalue weighted by molar-refractivity contribution is 7.80. The molecule has 3 N–H and O–H groups in total. The van der Waals surface area contributed by atoms with Crippen LogP contribution in [0.3, 0.4) is 0 Å². The van der Waals surface area contributed by atoms with Crippen molar-refractivity contribution in [3.05, 3.63) is 29.8 Å². The number of ether oxygens (including phenoxy) is 1. The van der Waals surface area contributed by atoms with Crippen molar-refractivity contribution in [2.24, 2.45) is 0 Å². The van der Waals surface area contributed by atoms with Gasteiger partial charge in [-0.1, -0.05) is 0 Å². The Morgan fingerprint density at radius 1 is 1.07 bits per heavy atom. The van der Waals surface area contributed by atoms with Gasteiger partial charge in [0.25, 0.3) is 11.8 Å². The Labute approximate surface area is 166 Å². The second-order valence-corrected chi connectivity index (χ2v) is 7.15. The molecular formula is C17H20N4O6S. The van der Waals surface area contributed by atoms with E-state index in [1.54, 1.807) is 20.8 Å². The van der Waals surface area contributed by atoms with E-state index in [-0.39, 0.29) is 23.5 Å². The zero-order valence-corrected chi connectivity index (χ0v) is 16.3. The monoisotopic (exact) mass is 408 g/mol. The van der Waals surface area contributed by atoms with Crippen LogP contribution in [0.5, 0.6) is 0 Å². The number of anilines is 1. The van der Waals surface area contributed by atoms with Gasteiger partial charge in [-0.3, -0.25) is 25.8 Å². The second kappa shape index (κ2) is 8.65. The van der Waals surface area contributed by atoms with Crippen molar-refractivity contribution >= 4 is 46.9 Å². The van der Waals surface area contributed by atoms with Crippen LogP contribution in [0.15, 0.2) is 24.3 Å². The summed E-state index contributed by atoms with van der Waals surface area (Å²) in [6.07, 6.45) is -0.647. The summed E-state index contributed by atoms with van der Waals surface area (Å²) in [6, 6.07) is 5.93. The summed E-state index contributed by atoms with van der Waals surface area (Å²) >= 11 is 4.96. The van der Waals surface area contributed by atoms with Gasteiger partial charge in [-0.05, 0) is 57.3 Å². The molecule has 0 unspecified atom stereocenters. The molecule has 1 saturated heterocycles. The smallest absolute Gasteiger partial charge is 0.413 e. The molecule has 1 aliphatic heterocycles. The van der Waals surface area contributed by atoms with E-state index < -0.39 is 29.5 Å². The zero-order valence-electron chi connectivity index (χ0n) is 15.5. The van der Waals surface area contributed by atoms with Crippen molar-refractivity contribution in [2.45, 2.75) is 39.2 Å². The Hall–Kier alpha value is -3.21. The maximum atomic E-state index is 12.0. The molecular weight excluding hydrogens is 388 g/mol. The van der Waals surface area contributed by atoms with E-state index in [4.69, 9.17) is 21.8 Å². The normalized spacial score (nSPS) is 13.8. The molecule has 1 aromatic carbocycles. The highest BCUT2D eigenvalue weighted by atomic mass is 32.1. The lowest BCUT2D eigenvalue weighted by atomic mass is 10.2.